The van der Waals surface area contributed by atoms with Crippen LogP contribution in [0.1, 0.15) is 39.5 Å². The van der Waals surface area contributed by atoms with E-state index in [0.29, 0.717) is 41.5 Å². The summed E-state index contributed by atoms with van der Waals surface area (Å²) in [5.41, 5.74) is 0.702. The van der Waals surface area contributed by atoms with Crippen molar-refractivity contribution in [3.63, 3.8) is 0 Å². The fraction of sp³-hybridized carbons (Fsp3) is 0.619. The van der Waals surface area contributed by atoms with Crippen LogP contribution in [0.25, 0.3) is 10.2 Å². The van der Waals surface area contributed by atoms with Gasteiger partial charge >= 0.3 is 0 Å². The Morgan fingerprint density at radius 1 is 1.39 bits per heavy atom. The van der Waals surface area contributed by atoms with Gasteiger partial charge in [0.2, 0.25) is 0 Å². The molecule has 0 bridgehead atoms. The molecular formula is C21H27FN2O3S. The van der Waals surface area contributed by atoms with E-state index in [1.807, 2.05) is 13.0 Å². The minimum atomic E-state index is -0.299. The van der Waals surface area contributed by atoms with Crippen molar-refractivity contribution in [1.82, 2.24) is 4.98 Å². The SMILES string of the molecule is CC(=O)C[C@@H](C)COC1CC(COc2ccc3nc(N4CCC4)sc3c2F)C1. The highest BCUT2D eigenvalue weighted by Gasteiger charge is 2.31. The van der Waals surface area contributed by atoms with Crippen LogP contribution in [-0.4, -0.2) is 43.2 Å². The van der Waals surface area contributed by atoms with Crippen LogP contribution in [0.4, 0.5) is 9.52 Å². The maximum Gasteiger partial charge on any atom is 0.186 e. The summed E-state index contributed by atoms with van der Waals surface area (Å²) in [6, 6.07) is 3.53. The molecule has 2 aliphatic rings. The molecule has 0 unspecified atom stereocenters. The van der Waals surface area contributed by atoms with Gasteiger partial charge in [-0.2, -0.15) is 0 Å². The van der Waals surface area contributed by atoms with Crippen molar-refractivity contribution in [3.05, 3.63) is 17.9 Å². The Morgan fingerprint density at radius 3 is 2.86 bits per heavy atom. The van der Waals surface area contributed by atoms with Crippen LogP contribution in [-0.2, 0) is 9.53 Å². The number of benzene rings is 1. The number of hydrogen-bond donors (Lipinski definition) is 0. The summed E-state index contributed by atoms with van der Waals surface area (Å²) in [5, 5.41) is 0.898. The molecule has 1 aromatic carbocycles. The molecule has 4 rings (SSSR count). The molecule has 1 saturated carbocycles. The van der Waals surface area contributed by atoms with Gasteiger partial charge in [-0.25, -0.2) is 9.37 Å². The number of fused-ring (bicyclic) bond motifs is 1. The van der Waals surface area contributed by atoms with Gasteiger partial charge in [0.15, 0.2) is 16.7 Å². The molecule has 0 spiro atoms. The first-order valence-electron chi connectivity index (χ1n) is 10.1. The van der Waals surface area contributed by atoms with Crippen molar-refractivity contribution < 1.29 is 18.7 Å². The molecule has 28 heavy (non-hydrogen) atoms. The number of thiazole rings is 1. The molecule has 1 atom stereocenters. The Morgan fingerprint density at radius 2 is 2.18 bits per heavy atom. The number of halogens is 1. The normalized spacial score (nSPS) is 22.6. The Kier molecular flexibility index (Phi) is 5.83. The van der Waals surface area contributed by atoms with Gasteiger partial charge in [0.25, 0.3) is 0 Å². The first-order valence-corrected chi connectivity index (χ1v) is 10.9. The van der Waals surface area contributed by atoms with Gasteiger partial charge in [-0.15, -0.1) is 0 Å². The molecule has 0 N–H and O–H groups in total. The molecule has 2 heterocycles. The van der Waals surface area contributed by atoms with E-state index in [4.69, 9.17) is 9.47 Å². The Hall–Kier alpha value is -1.73. The quantitative estimate of drug-likeness (QED) is 0.616. The standard InChI is InChI=1S/C21H27FN2O3S/c1-13(8-14(2)25)11-26-16-9-15(10-16)12-27-18-5-4-17-20(19(18)22)28-21(23-17)24-6-3-7-24/h4-5,13,15-16H,3,6-12H2,1-2H3/t13-,15?,16?/m1/s1. The first kappa shape index (κ1) is 19.6. The van der Waals surface area contributed by atoms with E-state index in [9.17, 15) is 9.18 Å². The third-order valence-electron chi connectivity index (χ3n) is 5.50. The van der Waals surface area contributed by atoms with Gasteiger partial charge in [0.05, 0.1) is 22.9 Å². The van der Waals surface area contributed by atoms with Crippen molar-refractivity contribution in [3.8, 4) is 5.75 Å². The zero-order valence-corrected chi connectivity index (χ0v) is 17.3. The third kappa shape index (κ3) is 4.30. The van der Waals surface area contributed by atoms with Gasteiger partial charge in [0.1, 0.15) is 5.78 Å². The molecule has 152 valence electrons. The van der Waals surface area contributed by atoms with Crippen LogP contribution in [0.2, 0.25) is 0 Å². The van der Waals surface area contributed by atoms with Crippen molar-refractivity contribution in [1.29, 1.82) is 0 Å². The number of nitrogens with zero attached hydrogens (tertiary/aromatic N) is 2. The van der Waals surface area contributed by atoms with Gasteiger partial charge in [-0.3, -0.25) is 0 Å². The molecule has 2 aromatic rings. The second-order valence-corrected chi connectivity index (χ2v) is 9.16. The number of anilines is 1. The van der Waals surface area contributed by atoms with E-state index in [1.54, 1.807) is 13.0 Å². The number of aromatic nitrogens is 1. The van der Waals surface area contributed by atoms with E-state index in [0.717, 1.165) is 31.1 Å². The number of ether oxygens (including phenoxy) is 2. The monoisotopic (exact) mass is 406 g/mol. The van der Waals surface area contributed by atoms with E-state index < -0.39 is 0 Å². The van der Waals surface area contributed by atoms with Crippen molar-refractivity contribution in [2.45, 2.75) is 45.6 Å². The second-order valence-electron chi connectivity index (χ2n) is 8.18. The number of ketones is 1. The van der Waals surface area contributed by atoms with Gasteiger partial charge in [-0.05, 0) is 50.2 Å². The van der Waals surface area contributed by atoms with E-state index in [2.05, 4.69) is 9.88 Å². The summed E-state index contributed by atoms with van der Waals surface area (Å²) in [7, 11) is 0. The maximum atomic E-state index is 14.8. The average Bonchev–Trinajstić information content (AvgIpc) is 2.96. The van der Waals surface area contributed by atoms with E-state index >= 15 is 0 Å². The van der Waals surface area contributed by atoms with Crippen molar-refractivity contribution >= 4 is 32.5 Å². The van der Waals surface area contributed by atoms with Crippen molar-refractivity contribution in [2.75, 3.05) is 31.2 Å². The van der Waals surface area contributed by atoms with E-state index in [1.165, 1.54) is 17.8 Å². The fourth-order valence-corrected chi connectivity index (χ4v) is 4.74. The Bertz CT molecular complexity index is 846. The predicted octanol–water partition coefficient (Wildman–Crippen LogP) is 4.43. The van der Waals surface area contributed by atoms with Crippen LogP contribution in [0, 0.1) is 17.7 Å². The lowest BCUT2D eigenvalue weighted by atomic mass is 9.83. The second kappa shape index (κ2) is 8.33. The molecule has 2 fully saturated rings. The smallest absolute Gasteiger partial charge is 0.186 e. The highest BCUT2D eigenvalue weighted by Crippen LogP contribution is 2.37. The molecular weight excluding hydrogens is 379 g/mol. The number of Topliss-reactive ketones (excluding diaryl/α,β-unsaturated/α-hetero) is 1. The van der Waals surface area contributed by atoms with Crippen LogP contribution >= 0.6 is 11.3 Å². The highest BCUT2D eigenvalue weighted by atomic mass is 32.1. The third-order valence-corrected chi connectivity index (χ3v) is 6.62. The van der Waals surface area contributed by atoms with Crippen LogP contribution in [0.15, 0.2) is 12.1 Å². The molecule has 1 aromatic heterocycles. The Labute approximate surface area is 168 Å². The lowest BCUT2D eigenvalue weighted by molar-refractivity contribution is -0.119. The summed E-state index contributed by atoms with van der Waals surface area (Å²) < 4.78 is 27.0. The minimum Gasteiger partial charge on any atom is -0.490 e. The fourth-order valence-electron chi connectivity index (χ4n) is 3.69. The topological polar surface area (TPSA) is 51.7 Å². The lowest BCUT2D eigenvalue weighted by Gasteiger charge is -2.35. The number of rotatable bonds is 9. The Balaban J connectivity index is 1.25. The molecule has 7 heteroatoms. The van der Waals surface area contributed by atoms with Crippen molar-refractivity contribution in [2.24, 2.45) is 11.8 Å². The largest absolute Gasteiger partial charge is 0.490 e. The van der Waals surface area contributed by atoms with E-state index in [-0.39, 0.29) is 23.6 Å². The molecule has 1 aliphatic carbocycles. The average molecular weight is 407 g/mol. The van der Waals surface area contributed by atoms with Gasteiger partial charge < -0.3 is 19.2 Å². The highest BCUT2D eigenvalue weighted by molar-refractivity contribution is 7.22. The van der Waals surface area contributed by atoms with Crippen LogP contribution in [0.5, 0.6) is 5.75 Å². The number of carbonyl (C=O) groups is 1. The molecule has 0 radical (unpaired) electrons. The van der Waals surface area contributed by atoms with Crippen LogP contribution in [0.3, 0.4) is 0 Å². The summed E-state index contributed by atoms with van der Waals surface area (Å²) in [4.78, 5) is 17.8. The summed E-state index contributed by atoms with van der Waals surface area (Å²) in [6.45, 7) is 6.78. The minimum absolute atomic E-state index is 0.202. The summed E-state index contributed by atoms with van der Waals surface area (Å²) in [5.74, 6) is 0.862. The molecule has 1 saturated heterocycles. The molecule has 1 aliphatic heterocycles. The predicted molar refractivity (Wildman–Crippen MR) is 109 cm³/mol. The molecule has 5 nitrogen and oxygen atoms in total. The van der Waals surface area contributed by atoms with Gasteiger partial charge in [-0.1, -0.05) is 18.3 Å². The van der Waals surface area contributed by atoms with Gasteiger partial charge in [0, 0.05) is 26.1 Å². The summed E-state index contributed by atoms with van der Waals surface area (Å²) >= 11 is 1.41. The zero-order chi connectivity index (χ0) is 19.7. The maximum absolute atomic E-state index is 14.8. The molecule has 0 amide bonds. The number of carbonyl (C=O) groups excluding carboxylic acids is 1. The summed E-state index contributed by atoms with van der Waals surface area (Å²) in [6.07, 6.45) is 3.83. The lowest BCUT2D eigenvalue weighted by Crippen LogP contribution is -2.36. The first-order chi connectivity index (χ1) is 13.5. The zero-order valence-electron chi connectivity index (χ0n) is 16.4. The van der Waals surface area contributed by atoms with Crippen LogP contribution < -0.4 is 9.64 Å². The number of hydrogen-bond acceptors (Lipinski definition) is 6.